The monoisotopic (exact) mass is 85.1 g/mol. The maximum atomic E-state index is 5.27. The van der Waals surface area contributed by atoms with Crippen LogP contribution in [-0.2, 0) is 0 Å². The van der Waals surface area contributed by atoms with Crippen LogP contribution >= 0.6 is 0 Å². The van der Waals surface area contributed by atoms with Gasteiger partial charge in [0.25, 0.3) is 0 Å². The molecule has 0 aliphatic carbocycles. The molecule has 0 spiro atoms. The summed E-state index contributed by atoms with van der Waals surface area (Å²) in [4.78, 5) is 0. The molecular weight excluding hydrogens is 78.1 g/mol. The summed E-state index contributed by atoms with van der Waals surface area (Å²) in [6, 6.07) is 0. The summed E-state index contributed by atoms with van der Waals surface area (Å²) in [5, 5.41) is 0. The molecule has 1 aliphatic rings. The van der Waals surface area contributed by atoms with E-state index in [0.29, 0.717) is 0 Å². The van der Waals surface area contributed by atoms with Crippen LogP contribution in [0.15, 0.2) is 11.9 Å². The molecule has 0 radical (unpaired) electrons. The Kier molecular flexibility index (Phi) is 0.686. The standard InChI is InChI=1S/C3H7N3/c4-3-1-5-6-2-3/h1,5-6H,2,4H2. The highest BCUT2D eigenvalue weighted by atomic mass is 15.4. The van der Waals surface area contributed by atoms with Crippen molar-refractivity contribution in [1.82, 2.24) is 10.9 Å². The Morgan fingerprint density at radius 3 is 2.83 bits per heavy atom. The van der Waals surface area contributed by atoms with Crippen molar-refractivity contribution in [3.8, 4) is 0 Å². The molecule has 3 heteroatoms. The zero-order chi connectivity index (χ0) is 4.41. The number of hydrogen-bond donors (Lipinski definition) is 3. The van der Waals surface area contributed by atoms with Crippen LogP contribution in [0.1, 0.15) is 0 Å². The second-order valence-corrected chi connectivity index (χ2v) is 1.22. The first-order chi connectivity index (χ1) is 2.89. The van der Waals surface area contributed by atoms with Gasteiger partial charge < -0.3 is 11.2 Å². The van der Waals surface area contributed by atoms with E-state index >= 15 is 0 Å². The maximum absolute atomic E-state index is 5.27. The van der Waals surface area contributed by atoms with Crippen LogP contribution in [0, 0.1) is 0 Å². The third kappa shape index (κ3) is 0.440. The average molecular weight is 85.1 g/mol. The van der Waals surface area contributed by atoms with Gasteiger partial charge in [0.2, 0.25) is 0 Å². The van der Waals surface area contributed by atoms with Crippen LogP contribution in [-0.4, -0.2) is 6.54 Å². The van der Waals surface area contributed by atoms with Gasteiger partial charge in [-0.3, -0.25) is 0 Å². The first-order valence-corrected chi connectivity index (χ1v) is 1.82. The molecule has 0 bridgehead atoms. The lowest BCUT2D eigenvalue weighted by Gasteiger charge is -1.85. The predicted octanol–water partition coefficient (Wildman–Crippen LogP) is -1.11. The minimum Gasteiger partial charge on any atom is -0.400 e. The molecule has 0 fully saturated rings. The number of hydrazine groups is 1. The summed E-state index contributed by atoms with van der Waals surface area (Å²) in [5.74, 6) is 0. The van der Waals surface area contributed by atoms with Gasteiger partial charge in [-0.2, -0.15) is 0 Å². The second-order valence-electron chi connectivity index (χ2n) is 1.22. The van der Waals surface area contributed by atoms with Crippen LogP contribution in [0.25, 0.3) is 0 Å². The Morgan fingerprint density at radius 1 is 1.83 bits per heavy atom. The van der Waals surface area contributed by atoms with E-state index in [4.69, 9.17) is 5.73 Å². The molecule has 0 aromatic rings. The largest absolute Gasteiger partial charge is 0.400 e. The van der Waals surface area contributed by atoms with Crippen molar-refractivity contribution in [2.45, 2.75) is 0 Å². The summed E-state index contributed by atoms with van der Waals surface area (Å²) in [5.41, 5.74) is 11.7. The van der Waals surface area contributed by atoms with Crippen LogP contribution in [0.5, 0.6) is 0 Å². The van der Waals surface area contributed by atoms with Gasteiger partial charge in [0, 0.05) is 11.9 Å². The lowest BCUT2D eigenvalue weighted by atomic mass is 10.5. The average Bonchev–Trinajstić information content (AvgIpc) is 1.86. The van der Waals surface area contributed by atoms with Crippen molar-refractivity contribution in [3.63, 3.8) is 0 Å². The van der Waals surface area contributed by atoms with Crippen molar-refractivity contribution < 1.29 is 0 Å². The number of nitrogens with one attached hydrogen (secondary N) is 2. The highest BCUT2D eigenvalue weighted by Gasteiger charge is 1.92. The molecule has 4 N–H and O–H groups in total. The SMILES string of the molecule is NC1=CNNC1. The smallest absolute Gasteiger partial charge is 0.0559 e. The van der Waals surface area contributed by atoms with E-state index in [1.807, 2.05) is 0 Å². The lowest BCUT2D eigenvalue weighted by Crippen LogP contribution is -2.21. The van der Waals surface area contributed by atoms with Gasteiger partial charge >= 0.3 is 0 Å². The van der Waals surface area contributed by atoms with Gasteiger partial charge in [-0.05, 0) is 0 Å². The number of nitrogens with two attached hydrogens (primary N) is 1. The number of rotatable bonds is 0. The molecule has 6 heavy (non-hydrogen) atoms. The minimum absolute atomic E-state index is 0.764. The quantitative estimate of drug-likeness (QED) is 0.350. The third-order valence-electron chi connectivity index (χ3n) is 0.652. The molecule has 0 aromatic carbocycles. The Bertz CT molecular complexity index is 76.1. The fourth-order valence-corrected chi connectivity index (χ4v) is 0.348. The fourth-order valence-electron chi connectivity index (χ4n) is 0.348. The van der Waals surface area contributed by atoms with Gasteiger partial charge in [0.05, 0.1) is 6.54 Å². The van der Waals surface area contributed by atoms with E-state index in [2.05, 4.69) is 10.9 Å². The molecule has 0 unspecified atom stereocenters. The normalized spacial score (nSPS) is 19.7. The molecule has 0 amide bonds. The maximum Gasteiger partial charge on any atom is 0.0559 e. The molecule has 34 valence electrons. The molecule has 3 nitrogen and oxygen atoms in total. The van der Waals surface area contributed by atoms with Crippen LogP contribution < -0.4 is 16.6 Å². The molecule has 0 saturated heterocycles. The highest BCUT2D eigenvalue weighted by molar-refractivity contribution is 5.00. The third-order valence-corrected chi connectivity index (χ3v) is 0.652. The summed E-state index contributed by atoms with van der Waals surface area (Å²) in [6.45, 7) is 0.764. The van der Waals surface area contributed by atoms with Crippen molar-refractivity contribution >= 4 is 0 Å². The van der Waals surface area contributed by atoms with E-state index in [1.54, 1.807) is 6.20 Å². The molecule has 1 aliphatic heterocycles. The first kappa shape index (κ1) is 3.49. The van der Waals surface area contributed by atoms with Crippen LogP contribution in [0.3, 0.4) is 0 Å². The van der Waals surface area contributed by atoms with E-state index in [9.17, 15) is 0 Å². The van der Waals surface area contributed by atoms with Gasteiger partial charge in [0.15, 0.2) is 0 Å². The van der Waals surface area contributed by atoms with Crippen molar-refractivity contribution in [2.24, 2.45) is 5.73 Å². The molecule has 0 aromatic heterocycles. The molecule has 1 rings (SSSR count). The van der Waals surface area contributed by atoms with E-state index < -0.39 is 0 Å². The van der Waals surface area contributed by atoms with Crippen LogP contribution in [0.2, 0.25) is 0 Å². The zero-order valence-corrected chi connectivity index (χ0v) is 3.36. The van der Waals surface area contributed by atoms with E-state index in [0.717, 1.165) is 12.2 Å². The zero-order valence-electron chi connectivity index (χ0n) is 3.36. The molecule has 0 saturated carbocycles. The Balaban J connectivity index is 2.45. The number of hydrogen-bond acceptors (Lipinski definition) is 3. The van der Waals surface area contributed by atoms with Crippen LogP contribution in [0.4, 0.5) is 0 Å². The summed E-state index contributed by atoms with van der Waals surface area (Å²) in [7, 11) is 0. The minimum atomic E-state index is 0.764. The summed E-state index contributed by atoms with van der Waals surface area (Å²) < 4.78 is 0. The highest BCUT2D eigenvalue weighted by Crippen LogP contribution is 1.79. The van der Waals surface area contributed by atoms with Gasteiger partial charge in [-0.1, -0.05) is 0 Å². The van der Waals surface area contributed by atoms with Gasteiger partial charge in [-0.25, -0.2) is 5.43 Å². The van der Waals surface area contributed by atoms with E-state index in [-0.39, 0.29) is 0 Å². The fraction of sp³-hybridized carbons (Fsp3) is 0.333. The van der Waals surface area contributed by atoms with Crippen molar-refractivity contribution in [3.05, 3.63) is 11.9 Å². The molecule has 0 atom stereocenters. The van der Waals surface area contributed by atoms with Crippen molar-refractivity contribution in [1.29, 1.82) is 0 Å². The first-order valence-electron chi connectivity index (χ1n) is 1.82. The Labute approximate surface area is 36.2 Å². The van der Waals surface area contributed by atoms with Gasteiger partial charge in [-0.15, -0.1) is 0 Å². The predicted molar refractivity (Wildman–Crippen MR) is 23.4 cm³/mol. The summed E-state index contributed by atoms with van der Waals surface area (Å²) in [6.07, 6.45) is 1.74. The van der Waals surface area contributed by atoms with Gasteiger partial charge in [0.1, 0.15) is 0 Å². The summed E-state index contributed by atoms with van der Waals surface area (Å²) >= 11 is 0. The Morgan fingerprint density at radius 2 is 2.67 bits per heavy atom. The molecule has 1 heterocycles. The van der Waals surface area contributed by atoms with E-state index in [1.165, 1.54) is 0 Å². The molecular formula is C3H7N3. The lowest BCUT2D eigenvalue weighted by molar-refractivity contribution is 0.721. The second kappa shape index (κ2) is 1.18. The topological polar surface area (TPSA) is 50.1 Å². The Hall–Kier alpha value is -0.700. The van der Waals surface area contributed by atoms with Crippen molar-refractivity contribution in [2.75, 3.05) is 6.54 Å².